The highest BCUT2D eigenvalue weighted by Gasteiger charge is 2.24. The Bertz CT molecular complexity index is 402. The van der Waals surface area contributed by atoms with Gasteiger partial charge >= 0.3 is 0 Å². The molecule has 1 aliphatic heterocycles. The Morgan fingerprint density at radius 1 is 1.59 bits per heavy atom. The molecule has 2 rings (SSSR count). The average Bonchev–Trinajstić information content (AvgIpc) is 2.77. The molecule has 0 spiro atoms. The molecule has 2 heterocycles. The number of carbonyl (C=O) groups is 1. The van der Waals surface area contributed by atoms with Crippen LogP contribution in [0.15, 0.2) is 16.5 Å². The van der Waals surface area contributed by atoms with E-state index < -0.39 is 5.24 Å². The number of halogens is 1. The number of carbonyl (C=O) groups excluding carboxylic acids is 1. The third-order valence-corrected chi connectivity index (χ3v) is 3.65. The van der Waals surface area contributed by atoms with Crippen LogP contribution in [0.2, 0.25) is 0 Å². The fraction of sp³-hybridized carbons (Fsp3) is 0.615. The van der Waals surface area contributed by atoms with Crippen LogP contribution in [0.25, 0.3) is 0 Å². The highest BCUT2D eigenvalue weighted by Crippen LogP contribution is 2.27. The van der Waals surface area contributed by atoms with Gasteiger partial charge in [-0.05, 0) is 56.0 Å². The van der Waals surface area contributed by atoms with E-state index in [4.69, 9.17) is 16.0 Å². The summed E-state index contributed by atoms with van der Waals surface area (Å²) >= 11 is 5.38. The number of furan rings is 1. The number of likely N-dealkylation sites (tertiary alicyclic amines) is 1. The van der Waals surface area contributed by atoms with Gasteiger partial charge in [-0.25, -0.2) is 0 Å². The van der Waals surface area contributed by atoms with Crippen LogP contribution in [-0.4, -0.2) is 23.2 Å². The molecule has 0 aromatic carbocycles. The Kier molecular flexibility index (Phi) is 3.89. The van der Waals surface area contributed by atoms with E-state index in [0.717, 1.165) is 24.8 Å². The van der Waals surface area contributed by atoms with Crippen LogP contribution in [-0.2, 0) is 0 Å². The first-order valence-corrected chi connectivity index (χ1v) is 6.49. The summed E-state index contributed by atoms with van der Waals surface area (Å²) in [6.07, 6.45) is 2.53. The van der Waals surface area contributed by atoms with Crippen LogP contribution in [0.3, 0.4) is 0 Å². The molecule has 0 aliphatic carbocycles. The second-order valence-electron chi connectivity index (χ2n) is 4.89. The van der Waals surface area contributed by atoms with Crippen molar-refractivity contribution in [3.63, 3.8) is 0 Å². The normalized spacial score (nSPS) is 23.6. The topological polar surface area (TPSA) is 33.5 Å². The summed E-state index contributed by atoms with van der Waals surface area (Å²) in [5.41, 5.74) is 0. The molecule has 17 heavy (non-hydrogen) atoms. The molecule has 1 aliphatic rings. The van der Waals surface area contributed by atoms with Gasteiger partial charge in [-0.2, -0.15) is 0 Å². The maximum absolute atomic E-state index is 11.0. The number of piperidine rings is 1. The van der Waals surface area contributed by atoms with Gasteiger partial charge in [0.05, 0.1) is 6.04 Å². The van der Waals surface area contributed by atoms with Crippen LogP contribution in [0.4, 0.5) is 0 Å². The largest absolute Gasteiger partial charge is 0.455 e. The molecule has 1 aromatic rings. The molecule has 2 unspecified atom stereocenters. The van der Waals surface area contributed by atoms with Gasteiger partial charge in [0, 0.05) is 6.54 Å². The first-order chi connectivity index (χ1) is 8.08. The van der Waals surface area contributed by atoms with Crippen molar-refractivity contribution in [3.8, 4) is 0 Å². The quantitative estimate of drug-likeness (QED) is 0.776. The third-order valence-electron chi connectivity index (χ3n) is 3.47. The third kappa shape index (κ3) is 2.90. The lowest BCUT2D eigenvalue weighted by atomic mass is 9.98. The van der Waals surface area contributed by atoms with Gasteiger partial charge in [-0.15, -0.1) is 0 Å². The summed E-state index contributed by atoms with van der Waals surface area (Å²) in [6, 6.07) is 3.70. The number of hydrogen-bond donors (Lipinski definition) is 0. The fourth-order valence-corrected chi connectivity index (χ4v) is 2.54. The van der Waals surface area contributed by atoms with Gasteiger partial charge in [0.1, 0.15) is 5.76 Å². The van der Waals surface area contributed by atoms with Gasteiger partial charge in [0.25, 0.3) is 5.24 Å². The van der Waals surface area contributed by atoms with E-state index in [1.165, 1.54) is 12.8 Å². The van der Waals surface area contributed by atoms with Crippen molar-refractivity contribution in [2.75, 3.05) is 13.1 Å². The Labute approximate surface area is 107 Å². The van der Waals surface area contributed by atoms with Gasteiger partial charge in [-0.1, -0.05) is 6.92 Å². The van der Waals surface area contributed by atoms with Crippen molar-refractivity contribution in [3.05, 3.63) is 23.7 Å². The predicted molar refractivity (Wildman–Crippen MR) is 67.3 cm³/mol. The minimum Gasteiger partial charge on any atom is -0.455 e. The minimum atomic E-state index is -0.532. The maximum Gasteiger partial charge on any atom is 0.287 e. The van der Waals surface area contributed by atoms with Crippen LogP contribution in [0, 0.1) is 5.92 Å². The SMILES string of the molecule is CC1CCCN(C(C)c2ccc(C(=O)Cl)o2)C1. The van der Waals surface area contributed by atoms with E-state index >= 15 is 0 Å². The minimum absolute atomic E-state index is 0.211. The van der Waals surface area contributed by atoms with Gasteiger partial charge in [0.15, 0.2) is 5.76 Å². The molecule has 0 amide bonds. The van der Waals surface area contributed by atoms with Gasteiger partial charge in [0.2, 0.25) is 0 Å². The molecular weight excluding hydrogens is 238 g/mol. The van der Waals surface area contributed by atoms with Crippen molar-refractivity contribution < 1.29 is 9.21 Å². The summed E-state index contributed by atoms with van der Waals surface area (Å²) in [5, 5.41) is -0.532. The molecule has 0 N–H and O–H groups in total. The van der Waals surface area contributed by atoms with Crippen molar-refractivity contribution in [2.24, 2.45) is 5.92 Å². The summed E-state index contributed by atoms with van der Waals surface area (Å²) < 4.78 is 5.47. The molecule has 4 heteroatoms. The molecule has 0 bridgehead atoms. The zero-order valence-electron chi connectivity index (χ0n) is 10.3. The second kappa shape index (κ2) is 5.23. The van der Waals surface area contributed by atoms with Crippen LogP contribution < -0.4 is 0 Å². The molecule has 2 atom stereocenters. The van der Waals surface area contributed by atoms with Crippen molar-refractivity contribution >= 4 is 16.8 Å². The van der Waals surface area contributed by atoms with E-state index in [1.54, 1.807) is 6.07 Å². The Morgan fingerprint density at radius 3 is 2.94 bits per heavy atom. The van der Waals surface area contributed by atoms with E-state index in [2.05, 4.69) is 18.7 Å². The number of nitrogens with zero attached hydrogens (tertiary/aromatic N) is 1. The maximum atomic E-state index is 11.0. The lowest BCUT2D eigenvalue weighted by Crippen LogP contribution is -2.36. The Balaban J connectivity index is 2.07. The fourth-order valence-electron chi connectivity index (χ4n) is 2.44. The van der Waals surface area contributed by atoms with Crippen molar-refractivity contribution in [1.82, 2.24) is 4.90 Å². The highest BCUT2D eigenvalue weighted by atomic mass is 35.5. The van der Waals surface area contributed by atoms with Crippen molar-refractivity contribution in [2.45, 2.75) is 32.7 Å². The van der Waals surface area contributed by atoms with Crippen LogP contribution in [0.1, 0.15) is 49.0 Å². The molecule has 1 saturated heterocycles. The van der Waals surface area contributed by atoms with Gasteiger partial charge < -0.3 is 4.42 Å². The lowest BCUT2D eigenvalue weighted by Gasteiger charge is -2.34. The first kappa shape index (κ1) is 12.7. The standard InChI is InChI=1S/C13H18ClNO2/c1-9-4-3-7-15(8-9)10(2)11-5-6-12(17-11)13(14)16/h5-6,9-10H,3-4,7-8H2,1-2H3. The van der Waals surface area contributed by atoms with Crippen LogP contribution >= 0.6 is 11.6 Å². The van der Waals surface area contributed by atoms with Crippen molar-refractivity contribution in [1.29, 1.82) is 0 Å². The number of rotatable bonds is 3. The molecule has 0 saturated carbocycles. The summed E-state index contributed by atoms with van der Waals surface area (Å²) in [5.74, 6) is 1.79. The second-order valence-corrected chi connectivity index (χ2v) is 5.24. The Hall–Kier alpha value is -0.800. The highest BCUT2D eigenvalue weighted by molar-refractivity contribution is 6.67. The van der Waals surface area contributed by atoms with E-state index in [1.807, 2.05) is 6.07 Å². The lowest BCUT2D eigenvalue weighted by molar-refractivity contribution is 0.103. The summed E-state index contributed by atoms with van der Waals surface area (Å²) in [4.78, 5) is 13.4. The molecule has 94 valence electrons. The average molecular weight is 256 g/mol. The zero-order chi connectivity index (χ0) is 12.4. The van der Waals surface area contributed by atoms with E-state index in [9.17, 15) is 4.79 Å². The first-order valence-electron chi connectivity index (χ1n) is 6.11. The smallest absolute Gasteiger partial charge is 0.287 e. The van der Waals surface area contributed by atoms with E-state index in [0.29, 0.717) is 0 Å². The summed E-state index contributed by atoms with van der Waals surface area (Å²) in [7, 11) is 0. The van der Waals surface area contributed by atoms with Gasteiger partial charge in [-0.3, -0.25) is 9.69 Å². The van der Waals surface area contributed by atoms with E-state index in [-0.39, 0.29) is 11.8 Å². The molecule has 1 fully saturated rings. The van der Waals surface area contributed by atoms with Crippen LogP contribution in [0.5, 0.6) is 0 Å². The molecule has 0 radical (unpaired) electrons. The monoisotopic (exact) mass is 255 g/mol. The Morgan fingerprint density at radius 2 is 2.35 bits per heavy atom. The molecular formula is C13H18ClNO2. The molecule has 1 aromatic heterocycles. The summed E-state index contributed by atoms with van der Waals surface area (Å²) in [6.45, 7) is 6.57. The predicted octanol–water partition coefficient (Wildman–Crippen LogP) is 3.45. The number of hydrogen-bond acceptors (Lipinski definition) is 3. The molecule has 3 nitrogen and oxygen atoms in total. The zero-order valence-corrected chi connectivity index (χ0v) is 11.0.